The smallest absolute Gasteiger partial charge is 0.0185 e. The molecule has 0 fully saturated rings. The molecule has 0 saturated heterocycles. The second-order valence-electron chi connectivity index (χ2n) is 1.39. The topological polar surface area (TPSA) is 12.0 Å². The zero-order chi connectivity index (χ0) is 5.70. The number of hydrogen-bond donors (Lipinski definition) is 2. The molecule has 0 aliphatic rings. The maximum absolute atomic E-state index is 4.11. The summed E-state index contributed by atoms with van der Waals surface area (Å²) in [6.45, 7) is 2.01. The highest BCUT2D eigenvalue weighted by Gasteiger charge is 1.79. The van der Waals surface area contributed by atoms with Crippen molar-refractivity contribution < 1.29 is 0 Å². The Labute approximate surface area is 50.2 Å². The van der Waals surface area contributed by atoms with Gasteiger partial charge in [0.25, 0.3) is 0 Å². The van der Waals surface area contributed by atoms with E-state index in [1.54, 1.807) is 0 Å². The van der Waals surface area contributed by atoms with Gasteiger partial charge in [-0.15, -0.1) is 0 Å². The van der Waals surface area contributed by atoms with E-state index in [2.05, 4.69) is 17.9 Å². The average Bonchev–Trinajstić information content (AvgIpc) is 1.61. The molecule has 0 aromatic heterocycles. The van der Waals surface area contributed by atoms with Crippen LogP contribution in [0.15, 0.2) is 12.3 Å². The van der Waals surface area contributed by atoms with Crippen molar-refractivity contribution in [2.45, 2.75) is 12.2 Å². The summed E-state index contributed by atoms with van der Waals surface area (Å²) in [5, 5.41) is 3.22. The second kappa shape index (κ2) is 4.06. The lowest BCUT2D eigenvalue weighted by molar-refractivity contribution is 1.08. The van der Waals surface area contributed by atoms with Crippen molar-refractivity contribution in [3.8, 4) is 0 Å². The molecule has 0 aromatic rings. The molecule has 0 amide bonds. The predicted molar refractivity (Wildman–Crippen MR) is 36.6 cm³/mol. The Hall–Kier alpha value is -0.110. The van der Waals surface area contributed by atoms with Gasteiger partial charge in [0.1, 0.15) is 0 Å². The first-order valence-electron chi connectivity index (χ1n) is 2.29. The van der Waals surface area contributed by atoms with Gasteiger partial charge in [-0.1, -0.05) is 6.08 Å². The third kappa shape index (κ3) is 5.89. The highest BCUT2D eigenvalue weighted by atomic mass is 32.1. The Balaban J connectivity index is 3.08. The van der Waals surface area contributed by atoms with E-state index >= 15 is 0 Å². The van der Waals surface area contributed by atoms with Crippen LogP contribution in [0.3, 0.4) is 0 Å². The van der Waals surface area contributed by atoms with Crippen molar-refractivity contribution in [1.82, 2.24) is 5.32 Å². The van der Waals surface area contributed by atoms with Crippen LogP contribution in [0.4, 0.5) is 0 Å². The van der Waals surface area contributed by atoms with Crippen molar-refractivity contribution in [2.24, 2.45) is 0 Å². The van der Waals surface area contributed by atoms with Crippen LogP contribution < -0.4 is 5.32 Å². The largest absolute Gasteiger partial charge is 0.394 e. The zero-order valence-corrected chi connectivity index (χ0v) is 5.57. The minimum absolute atomic E-state index is 0.354. The van der Waals surface area contributed by atoms with E-state index in [0.29, 0.717) is 5.25 Å². The van der Waals surface area contributed by atoms with Crippen LogP contribution in [0.5, 0.6) is 0 Å². The molecule has 0 aliphatic carbocycles. The molecule has 1 unspecified atom stereocenters. The molecule has 0 aromatic carbocycles. The standard InChI is InChI=1S/C5H11NS/c1-5(7)3-4-6-2/h3-7H,1-2H3. The quantitative estimate of drug-likeness (QED) is 0.515. The molecule has 0 saturated carbocycles. The average molecular weight is 117 g/mol. The molecule has 1 N–H and O–H groups in total. The molecule has 0 spiro atoms. The van der Waals surface area contributed by atoms with Crippen LogP contribution in [0.25, 0.3) is 0 Å². The maximum Gasteiger partial charge on any atom is 0.0185 e. The van der Waals surface area contributed by atoms with Crippen molar-refractivity contribution in [3.63, 3.8) is 0 Å². The van der Waals surface area contributed by atoms with Gasteiger partial charge in [0.2, 0.25) is 0 Å². The first-order chi connectivity index (χ1) is 3.27. The molecular formula is C5H11NS. The summed E-state index contributed by atoms with van der Waals surface area (Å²) in [5.74, 6) is 0. The Bertz CT molecular complexity index is 59.1. The Kier molecular flexibility index (Phi) is 4.00. The zero-order valence-electron chi connectivity index (χ0n) is 4.68. The van der Waals surface area contributed by atoms with E-state index in [9.17, 15) is 0 Å². The molecule has 42 valence electrons. The minimum Gasteiger partial charge on any atom is -0.394 e. The van der Waals surface area contributed by atoms with Gasteiger partial charge >= 0.3 is 0 Å². The third-order valence-electron chi connectivity index (χ3n) is 0.541. The van der Waals surface area contributed by atoms with Crippen LogP contribution >= 0.6 is 12.6 Å². The molecule has 0 bridgehead atoms. The molecule has 2 heteroatoms. The van der Waals surface area contributed by atoms with Crippen LogP contribution in [0, 0.1) is 0 Å². The van der Waals surface area contributed by atoms with E-state index < -0.39 is 0 Å². The van der Waals surface area contributed by atoms with Crippen LogP contribution in [0.1, 0.15) is 6.92 Å². The minimum atomic E-state index is 0.354. The second-order valence-corrected chi connectivity index (χ2v) is 2.20. The summed E-state index contributed by atoms with van der Waals surface area (Å²) in [5.41, 5.74) is 0. The summed E-state index contributed by atoms with van der Waals surface area (Å²) in [4.78, 5) is 0. The summed E-state index contributed by atoms with van der Waals surface area (Å²) < 4.78 is 0. The van der Waals surface area contributed by atoms with Gasteiger partial charge in [-0.25, -0.2) is 0 Å². The van der Waals surface area contributed by atoms with Crippen molar-refractivity contribution >= 4 is 12.6 Å². The number of rotatable bonds is 2. The van der Waals surface area contributed by atoms with E-state index in [1.807, 2.05) is 26.2 Å². The highest BCUT2D eigenvalue weighted by Crippen LogP contribution is 1.90. The molecule has 0 heterocycles. The number of thiol groups is 1. The van der Waals surface area contributed by atoms with E-state index in [-0.39, 0.29) is 0 Å². The van der Waals surface area contributed by atoms with Crippen LogP contribution in [-0.4, -0.2) is 12.3 Å². The normalized spacial score (nSPS) is 14.7. The fourth-order valence-electron chi connectivity index (χ4n) is 0.235. The predicted octanol–water partition coefficient (Wildman–Crippen LogP) is 1.04. The summed E-state index contributed by atoms with van der Waals surface area (Å²) in [6, 6.07) is 0. The monoisotopic (exact) mass is 117 g/mol. The van der Waals surface area contributed by atoms with Crippen molar-refractivity contribution in [1.29, 1.82) is 0 Å². The Morgan fingerprint density at radius 3 is 2.43 bits per heavy atom. The molecule has 1 nitrogen and oxygen atoms in total. The molecular weight excluding hydrogens is 106 g/mol. The first kappa shape index (κ1) is 6.89. The Morgan fingerprint density at radius 1 is 1.71 bits per heavy atom. The van der Waals surface area contributed by atoms with Gasteiger partial charge in [0.15, 0.2) is 0 Å². The summed E-state index contributed by atoms with van der Waals surface area (Å²) in [7, 11) is 1.87. The highest BCUT2D eigenvalue weighted by molar-refractivity contribution is 7.81. The van der Waals surface area contributed by atoms with Gasteiger partial charge in [0, 0.05) is 12.3 Å². The molecule has 0 radical (unpaired) electrons. The van der Waals surface area contributed by atoms with Crippen LogP contribution in [-0.2, 0) is 0 Å². The van der Waals surface area contributed by atoms with E-state index in [1.165, 1.54) is 0 Å². The van der Waals surface area contributed by atoms with Gasteiger partial charge in [-0.05, 0) is 13.1 Å². The Morgan fingerprint density at radius 2 is 2.29 bits per heavy atom. The lowest BCUT2D eigenvalue weighted by Gasteiger charge is -1.90. The molecule has 7 heavy (non-hydrogen) atoms. The van der Waals surface area contributed by atoms with Crippen molar-refractivity contribution in [2.75, 3.05) is 7.05 Å². The van der Waals surface area contributed by atoms with Crippen LogP contribution in [0.2, 0.25) is 0 Å². The fourth-order valence-corrected chi connectivity index (χ4v) is 0.322. The van der Waals surface area contributed by atoms with E-state index in [4.69, 9.17) is 0 Å². The summed E-state index contributed by atoms with van der Waals surface area (Å²) in [6.07, 6.45) is 3.85. The third-order valence-corrected chi connectivity index (χ3v) is 0.714. The number of nitrogens with one attached hydrogen (secondary N) is 1. The van der Waals surface area contributed by atoms with Gasteiger partial charge in [-0.2, -0.15) is 12.6 Å². The lowest BCUT2D eigenvalue weighted by atomic mass is 10.5. The van der Waals surface area contributed by atoms with Gasteiger partial charge in [0.05, 0.1) is 0 Å². The first-order valence-corrected chi connectivity index (χ1v) is 2.81. The summed E-state index contributed by atoms with van der Waals surface area (Å²) >= 11 is 4.11. The molecule has 0 aliphatic heterocycles. The molecule has 1 atom stereocenters. The fraction of sp³-hybridized carbons (Fsp3) is 0.600. The van der Waals surface area contributed by atoms with Gasteiger partial charge in [-0.3, -0.25) is 0 Å². The lowest BCUT2D eigenvalue weighted by Crippen LogP contribution is -1.93. The maximum atomic E-state index is 4.11. The molecule has 0 rings (SSSR count). The van der Waals surface area contributed by atoms with Crippen molar-refractivity contribution in [3.05, 3.63) is 12.3 Å². The van der Waals surface area contributed by atoms with E-state index in [0.717, 1.165) is 0 Å². The van der Waals surface area contributed by atoms with Gasteiger partial charge < -0.3 is 5.32 Å². The number of hydrogen-bond acceptors (Lipinski definition) is 2. The SMILES string of the molecule is CNC=CC(C)S.